The first-order valence-corrected chi connectivity index (χ1v) is 12.5. The van der Waals surface area contributed by atoms with Crippen LogP contribution < -0.4 is 10.1 Å². The number of nitrogens with zero attached hydrogens (tertiary/aromatic N) is 1. The molecule has 0 fully saturated rings. The van der Waals surface area contributed by atoms with Crippen molar-refractivity contribution < 1.29 is 27.8 Å². The molecule has 0 radical (unpaired) electrons. The highest BCUT2D eigenvalue weighted by molar-refractivity contribution is 5.77. The van der Waals surface area contributed by atoms with Crippen LogP contribution in [0.1, 0.15) is 56.9 Å². The summed E-state index contributed by atoms with van der Waals surface area (Å²) in [5.41, 5.74) is 0.926. The SMILES string of the molecule is CN(C)CC(CC(=O)OCc1ccccc1)NC(=O)CCCCCCCCOc1ccc(F)c(F)c1. The largest absolute Gasteiger partial charge is 0.493 e. The lowest BCUT2D eigenvalue weighted by Gasteiger charge is -2.22. The third kappa shape index (κ3) is 12.6. The molecular formula is C28H38F2N2O4. The predicted octanol–water partition coefficient (Wildman–Crippen LogP) is 5.25. The van der Waals surface area contributed by atoms with E-state index in [1.807, 2.05) is 49.3 Å². The van der Waals surface area contributed by atoms with Crippen LogP contribution in [0, 0.1) is 11.6 Å². The Morgan fingerprint density at radius 1 is 0.917 bits per heavy atom. The van der Waals surface area contributed by atoms with Crippen LogP contribution in [0.25, 0.3) is 0 Å². The Balaban J connectivity index is 1.55. The van der Waals surface area contributed by atoms with Crippen LogP contribution in [0.3, 0.4) is 0 Å². The van der Waals surface area contributed by atoms with Crippen LogP contribution >= 0.6 is 0 Å². The van der Waals surface area contributed by atoms with Crippen LogP contribution in [0.15, 0.2) is 48.5 Å². The molecule has 1 N–H and O–H groups in total. The number of likely N-dealkylation sites (N-methyl/N-ethyl adjacent to an activating group) is 1. The van der Waals surface area contributed by atoms with Gasteiger partial charge in [-0.15, -0.1) is 0 Å². The number of amides is 1. The first kappa shape index (κ1) is 29.2. The zero-order valence-corrected chi connectivity index (χ0v) is 21.3. The Kier molecular flexibility index (Phi) is 13.5. The van der Waals surface area contributed by atoms with Crippen molar-refractivity contribution in [1.29, 1.82) is 0 Å². The molecule has 0 saturated heterocycles. The van der Waals surface area contributed by atoms with E-state index in [0.29, 0.717) is 25.3 Å². The van der Waals surface area contributed by atoms with Crippen LogP contribution in [0.2, 0.25) is 0 Å². The average molecular weight is 505 g/mol. The number of ether oxygens (including phenoxy) is 2. The second-order valence-corrected chi connectivity index (χ2v) is 9.17. The van der Waals surface area contributed by atoms with Gasteiger partial charge in [-0.1, -0.05) is 56.0 Å². The fraction of sp³-hybridized carbons (Fsp3) is 0.500. The van der Waals surface area contributed by atoms with E-state index in [4.69, 9.17) is 9.47 Å². The fourth-order valence-electron chi connectivity index (χ4n) is 3.75. The van der Waals surface area contributed by atoms with Crippen molar-refractivity contribution in [2.75, 3.05) is 27.2 Å². The molecule has 2 aromatic rings. The molecule has 0 bridgehead atoms. The van der Waals surface area contributed by atoms with Crippen molar-refractivity contribution in [3.8, 4) is 5.75 Å². The standard InChI is InChI=1S/C28H38F2N2O4/c1-32(2)20-23(18-28(34)36-21-22-12-8-7-9-13-22)31-27(33)14-10-5-3-4-6-11-17-35-24-15-16-25(29)26(30)19-24/h7-9,12-13,15-16,19,23H,3-6,10-11,14,17-18,20-21H2,1-2H3,(H,31,33). The molecule has 0 aliphatic carbocycles. The lowest BCUT2D eigenvalue weighted by atomic mass is 10.1. The van der Waals surface area contributed by atoms with Crippen molar-refractivity contribution in [2.24, 2.45) is 0 Å². The second-order valence-electron chi connectivity index (χ2n) is 9.17. The summed E-state index contributed by atoms with van der Waals surface area (Å²) in [6, 6.07) is 12.7. The number of carbonyl (C=O) groups is 2. The summed E-state index contributed by atoms with van der Waals surface area (Å²) >= 11 is 0. The molecule has 0 saturated carbocycles. The topological polar surface area (TPSA) is 67.9 Å². The Bertz CT molecular complexity index is 925. The number of benzene rings is 2. The Morgan fingerprint density at radius 3 is 2.31 bits per heavy atom. The molecule has 0 aromatic heterocycles. The van der Waals surface area contributed by atoms with E-state index in [9.17, 15) is 18.4 Å². The van der Waals surface area contributed by atoms with Crippen molar-refractivity contribution in [2.45, 2.75) is 64.0 Å². The molecule has 6 nitrogen and oxygen atoms in total. The monoisotopic (exact) mass is 504 g/mol. The maximum absolute atomic E-state index is 13.1. The molecular weight excluding hydrogens is 466 g/mol. The van der Waals surface area contributed by atoms with Gasteiger partial charge in [-0.2, -0.15) is 0 Å². The van der Waals surface area contributed by atoms with Gasteiger partial charge in [0.05, 0.1) is 19.1 Å². The molecule has 1 unspecified atom stereocenters. The van der Waals surface area contributed by atoms with Crippen molar-refractivity contribution >= 4 is 11.9 Å². The van der Waals surface area contributed by atoms with Crippen molar-refractivity contribution in [3.05, 3.63) is 65.7 Å². The van der Waals surface area contributed by atoms with E-state index in [1.165, 1.54) is 6.07 Å². The Labute approximate surface area is 213 Å². The van der Waals surface area contributed by atoms with Crippen LogP contribution in [-0.2, 0) is 20.9 Å². The number of halogens is 2. The minimum Gasteiger partial charge on any atom is -0.493 e. The summed E-state index contributed by atoms with van der Waals surface area (Å²) in [6.45, 7) is 1.23. The summed E-state index contributed by atoms with van der Waals surface area (Å²) in [6.07, 6.45) is 6.08. The third-order valence-corrected chi connectivity index (χ3v) is 5.56. The van der Waals surface area contributed by atoms with Gasteiger partial charge in [-0.25, -0.2) is 8.78 Å². The van der Waals surface area contributed by atoms with Gasteiger partial charge in [-0.05, 0) is 44.6 Å². The van der Waals surface area contributed by atoms with E-state index < -0.39 is 11.6 Å². The van der Waals surface area contributed by atoms with Crippen molar-refractivity contribution in [3.63, 3.8) is 0 Å². The van der Waals surface area contributed by atoms with E-state index in [0.717, 1.165) is 56.2 Å². The van der Waals surface area contributed by atoms with E-state index in [-0.39, 0.29) is 30.9 Å². The highest BCUT2D eigenvalue weighted by atomic mass is 19.2. The number of hydrogen-bond donors (Lipinski definition) is 1. The highest BCUT2D eigenvalue weighted by Gasteiger charge is 2.18. The summed E-state index contributed by atoms with van der Waals surface area (Å²) in [5, 5.41) is 2.97. The minimum absolute atomic E-state index is 0.0577. The lowest BCUT2D eigenvalue weighted by Crippen LogP contribution is -2.43. The van der Waals surface area contributed by atoms with Crippen LogP contribution in [0.4, 0.5) is 8.78 Å². The van der Waals surface area contributed by atoms with Gasteiger partial charge in [0.15, 0.2) is 11.6 Å². The van der Waals surface area contributed by atoms with Gasteiger partial charge >= 0.3 is 5.97 Å². The summed E-state index contributed by atoms with van der Waals surface area (Å²) < 4.78 is 36.9. The molecule has 36 heavy (non-hydrogen) atoms. The zero-order valence-electron chi connectivity index (χ0n) is 21.3. The van der Waals surface area contributed by atoms with E-state index in [2.05, 4.69) is 5.32 Å². The van der Waals surface area contributed by atoms with Gasteiger partial charge in [0, 0.05) is 19.0 Å². The average Bonchev–Trinajstić information content (AvgIpc) is 2.84. The number of hydrogen-bond acceptors (Lipinski definition) is 5. The predicted molar refractivity (Wildman–Crippen MR) is 136 cm³/mol. The van der Waals surface area contributed by atoms with E-state index >= 15 is 0 Å². The molecule has 0 spiro atoms. The number of esters is 1. The van der Waals surface area contributed by atoms with Gasteiger partial charge < -0.3 is 19.7 Å². The zero-order chi connectivity index (χ0) is 26.2. The Hall–Kier alpha value is -3.00. The van der Waals surface area contributed by atoms with E-state index in [1.54, 1.807) is 0 Å². The van der Waals surface area contributed by atoms with Crippen LogP contribution in [0.5, 0.6) is 5.75 Å². The van der Waals surface area contributed by atoms with Gasteiger partial charge in [-0.3, -0.25) is 9.59 Å². The fourth-order valence-corrected chi connectivity index (χ4v) is 3.75. The first-order chi connectivity index (χ1) is 17.3. The Morgan fingerprint density at radius 2 is 1.61 bits per heavy atom. The molecule has 0 aliphatic rings. The number of nitrogens with one attached hydrogen (secondary N) is 1. The lowest BCUT2D eigenvalue weighted by molar-refractivity contribution is -0.145. The van der Waals surface area contributed by atoms with Crippen LogP contribution in [-0.4, -0.2) is 50.1 Å². The van der Waals surface area contributed by atoms with Crippen molar-refractivity contribution in [1.82, 2.24) is 10.2 Å². The smallest absolute Gasteiger partial charge is 0.308 e. The summed E-state index contributed by atoms with van der Waals surface area (Å²) in [5.74, 6) is -1.85. The summed E-state index contributed by atoms with van der Waals surface area (Å²) in [7, 11) is 3.80. The molecule has 8 heteroatoms. The summed E-state index contributed by atoms with van der Waals surface area (Å²) in [4.78, 5) is 26.6. The van der Waals surface area contributed by atoms with Gasteiger partial charge in [0.1, 0.15) is 12.4 Å². The van der Waals surface area contributed by atoms with Gasteiger partial charge in [0.25, 0.3) is 0 Å². The maximum atomic E-state index is 13.1. The molecule has 1 atom stereocenters. The molecule has 2 aromatic carbocycles. The quantitative estimate of drug-likeness (QED) is 0.235. The minimum atomic E-state index is -0.910. The highest BCUT2D eigenvalue weighted by Crippen LogP contribution is 2.16. The number of unbranched alkanes of at least 4 members (excludes halogenated alkanes) is 5. The number of rotatable bonds is 17. The second kappa shape index (κ2) is 16.6. The molecule has 198 valence electrons. The first-order valence-electron chi connectivity index (χ1n) is 12.5. The molecule has 2 rings (SSSR count). The molecule has 1 amide bonds. The number of carbonyl (C=O) groups excluding carboxylic acids is 2. The molecule has 0 aliphatic heterocycles. The normalized spacial score (nSPS) is 11.8. The third-order valence-electron chi connectivity index (χ3n) is 5.56. The maximum Gasteiger partial charge on any atom is 0.308 e. The molecule has 0 heterocycles. The van der Waals surface area contributed by atoms with Gasteiger partial charge in [0.2, 0.25) is 5.91 Å².